The van der Waals surface area contributed by atoms with Crippen molar-refractivity contribution in [3.05, 3.63) is 24.3 Å². The number of methoxy groups -OCH3 is 1. The van der Waals surface area contributed by atoms with Gasteiger partial charge in [-0.05, 0) is 26.2 Å². The third-order valence-corrected chi connectivity index (χ3v) is 2.32. The fourth-order valence-electron chi connectivity index (χ4n) is 1.47. The van der Waals surface area contributed by atoms with Crippen molar-refractivity contribution in [2.24, 2.45) is 0 Å². The van der Waals surface area contributed by atoms with E-state index >= 15 is 0 Å². The van der Waals surface area contributed by atoms with E-state index in [0.717, 1.165) is 6.61 Å². The van der Waals surface area contributed by atoms with Gasteiger partial charge in [-0.3, -0.25) is 0 Å². The fraction of sp³-hybridized carbons (Fsp3) is 0.765. The summed E-state index contributed by atoms with van der Waals surface area (Å²) in [6.45, 7) is 14.8. The summed E-state index contributed by atoms with van der Waals surface area (Å²) in [5.74, 6) is 0. The summed E-state index contributed by atoms with van der Waals surface area (Å²) in [4.78, 5) is 0. The summed E-state index contributed by atoms with van der Waals surface area (Å²) in [5, 5.41) is 0. The van der Waals surface area contributed by atoms with E-state index in [4.69, 9.17) is 4.74 Å². The zero-order valence-corrected chi connectivity index (χ0v) is 13.7. The summed E-state index contributed by atoms with van der Waals surface area (Å²) < 4.78 is 5.00. The number of unbranched alkanes of at least 4 members (excludes halogenated alkanes) is 4. The van der Waals surface area contributed by atoms with Crippen molar-refractivity contribution in [1.29, 1.82) is 0 Å². The number of ether oxygens (including phenoxy) is 1. The van der Waals surface area contributed by atoms with Gasteiger partial charge in [0.1, 0.15) is 0 Å². The Morgan fingerprint density at radius 2 is 1.44 bits per heavy atom. The molecule has 0 saturated heterocycles. The standard InChI is InChI=1S/C13H24O.2C2H6/c1-4-10-13(2)11-8-6-5-7-9-12-14-3;2*1-2/h4,10H,1,5-9,11-12H2,2-3H3;2*1-2H3/b13-10-;;. The van der Waals surface area contributed by atoms with E-state index in [1.165, 1.54) is 44.1 Å². The Bertz CT molecular complexity index is 159. The molecule has 0 amide bonds. The van der Waals surface area contributed by atoms with Gasteiger partial charge in [0.15, 0.2) is 0 Å². The predicted octanol–water partition coefficient (Wildman–Crippen LogP) is 6.16. The highest BCUT2D eigenvalue weighted by Gasteiger charge is 1.92. The van der Waals surface area contributed by atoms with Crippen LogP contribution in [0.3, 0.4) is 0 Å². The summed E-state index contributed by atoms with van der Waals surface area (Å²) >= 11 is 0. The predicted molar refractivity (Wildman–Crippen MR) is 86.2 cm³/mol. The molecule has 0 bridgehead atoms. The maximum Gasteiger partial charge on any atom is 0.0462 e. The molecule has 0 fully saturated rings. The largest absolute Gasteiger partial charge is 0.385 e. The lowest BCUT2D eigenvalue weighted by atomic mass is 10.1. The van der Waals surface area contributed by atoms with Crippen LogP contribution in [0.5, 0.6) is 0 Å². The van der Waals surface area contributed by atoms with Crippen LogP contribution in [0.1, 0.15) is 73.1 Å². The van der Waals surface area contributed by atoms with Gasteiger partial charge in [-0.2, -0.15) is 0 Å². The van der Waals surface area contributed by atoms with Crippen molar-refractivity contribution < 1.29 is 4.74 Å². The van der Waals surface area contributed by atoms with Crippen molar-refractivity contribution in [3.8, 4) is 0 Å². The van der Waals surface area contributed by atoms with Crippen molar-refractivity contribution in [2.75, 3.05) is 13.7 Å². The van der Waals surface area contributed by atoms with Crippen LogP contribution in [0.25, 0.3) is 0 Å². The molecular formula is C17H36O. The Balaban J connectivity index is -0.000000506. The van der Waals surface area contributed by atoms with E-state index in [1.807, 2.05) is 33.8 Å². The van der Waals surface area contributed by atoms with Gasteiger partial charge >= 0.3 is 0 Å². The lowest BCUT2D eigenvalue weighted by molar-refractivity contribution is 0.192. The zero-order valence-electron chi connectivity index (χ0n) is 13.7. The van der Waals surface area contributed by atoms with Gasteiger partial charge in [-0.25, -0.2) is 0 Å². The van der Waals surface area contributed by atoms with Gasteiger partial charge in [-0.15, -0.1) is 0 Å². The number of hydrogen-bond donors (Lipinski definition) is 0. The van der Waals surface area contributed by atoms with Gasteiger partial charge in [0.05, 0.1) is 0 Å². The summed E-state index contributed by atoms with van der Waals surface area (Å²) in [6, 6.07) is 0. The fourth-order valence-corrected chi connectivity index (χ4v) is 1.47. The summed E-state index contributed by atoms with van der Waals surface area (Å²) in [7, 11) is 1.77. The quantitative estimate of drug-likeness (QED) is 0.355. The molecule has 0 aromatic heterocycles. The molecule has 0 radical (unpaired) electrons. The smallest absolute Gasteiger partial charge is 0.0462 e. The molecule has 0 unspecified atom stereocenters. The molecule has 0 aliphatic rings. The Morgan fingerprint density at radius 1 is 0.944 bits per heavy atom. The third-order valence-electron chi connectivity index (χ3n) is 2.32. The molecule has 0 saturated carbocycles. The van der Waals surface area contributed by atoms with Crippen molar-refractivity contribution in [1.82, 2.24) is 0 Å². The molecule has 1 nitrogen and oxygen atoms in total. The lowest BCUT2D eigenvalue weighted by Crippen LogP contribution is -1.88. The van der Waals surface area contributed by atoms with Gasteiger partial charge < -0.3 is 4.74 Å². The molecule has 0 heterocycles. The van der Waals surface area contributed by atoms with Gasteiger partial charge in [-0.1, -0.05) is 71.3 Å². The minimum atomic E-state index is 0.912. The topological polar surface area (TPSA) is 9.23 Å². The SMILES string of the molecule is C=C/C=C(/C)CCCCCCCOC.CC.CC. The lowest BCUT2D eigenvalue weighted by Gasteiger charge is -2.01. The van der Waals surface area contributed by atoms with E-state index in [1.54, 1.807) is 7.11 Å². The van der Waals surface area contributed by atoms with Crippen LogP contribution < -0.4 is 0 Å². The Morgan fingerprint density at radius 3 is 1.94 bits per heavy atom. The molecule has 18 heavy (non-hydrogen) atoms. The molecule has 0 rings (SSSR count). The Kier molecular flexibility index (Phi) is 31.8. The maximum absolute atomic E-state index is 5.00. The van der Waals surface area contributed by atoms with Crippen LogP contribution >= 0.6 is 0 Å². The number of allylic oxidation sites excluding steroid dienone is 3. The molecule has 0 aromatic carbocycles. The number of rotatable bonds is 9. The van der Waals surface area contributed by atoms with E-state index in [0.29, 0.717) is 0 Å². The zero-order chi connectivity index (χ0) is 14.6. The van der Waals surface area contributed by atoms with Crippen LogP contribution in [0.4, 0.5) is 0 Å². The second kappa shape index (κ2) is 25.3. The van der Waals surface area contributed by atoms with Crippen LogP contribution in [0.2, 0.25) is 0 Å². The van der Waals surface area contributed by atoms with Gasteiger partial charge in [0, 0.05) is 13.7 Å². The van der Waals surface area contributed by atoms with E-state index < -0.39 is 0 Å². The van der Waals surface area contributed by atoms with E-state index in [-0.39, 0.29) is 0 Å². The second-order valence-corrected chi connectivity index (χ2v) is 3.76. The molecule has 0 spiro atoms. The molecule has 0 N–H and O–H groups in total. The van der Waals surface area contributed by atoms with Gasteiger partial charge in [0.25, 0.3) is 0 Å². The molecule has 1 heteroatoms. The maximum atomic E-state index is 5.00. The van der Waals surface area contributed by atoms with Gasteiger partial charge in [0.2, 0.25) is 0 Å². The van der Waals surface area contributed by atoms with Crippen LogP contribution in [-0.2, 0) is 4.74 Å². The molecule has 0 atom stereocenters. The first-order valence-corrected chi connectivity index (χ1v) is 7.58. The highest BCUT2D eigenvalue weighted by molar-refractivity contribution is 5.07. The van der Waals surface area contributed by atoms with Crippen molar-refractivity contribution >= 4 is 0 Å². The van der Waals surface area contributed by atoms with Crippen LogP contribution in [0, 0.1) is 0 Å². The third kappa shape index (κ3) is 24.6. The summed E-state index contributed by atoms with van der Waals surface area (Å²) in [5.41, 5.74) is 1.44. The average Bonchev–Trinajstić information content (AvgIpc) is 2.43. The Hall–Kier alpha value is -0.560. The minimum Gasteiger partial charge on any atom is -0.385 e. The van der Waals surface area contributed by atoms with Crippen molar-refractivity contribution in [2.45, 2.75) is 73.1 Å². The highest BCUT2D eigenvalue weighted by Crippen LogP contribution is 2.10. The normalized spacial score (nSPS) is 9.78. The Labute approximate surface area is 116 Å². The van der Waals surface area contributed by atoms with Crippen LogP contribution in [-0.4, -0.2) is 13.7 Å². The molecule has 0 aromatic rings. The van der Waals surface area contributed by atoms with E-state index in [9.17, 15) is 0 Å². The molecular weight excluding hydrogens is 220 g/mol. The monoisotopic (exact) mass is 256 g/mol. The minimum absolute atomic E-state index is 0.912. The van der Waals surface area contributed by atoms with Crippen LogP contribution in [0.15, 0.2) is 24.3 Å². The first-order valence-electron chi connectivity index (χ1n) is 7.58. The molecule has 0 aliphatic carbocycles. The first kappa shape index (κ1) is 22.6. The summed E-state index contributed by atoms with van der Waals surface area (Å²) in [6.07, 6.45) is 11.7. The number of hydrogen-bond acceptors (Lipinski definition) is 1. The molecule has 0 aliphatic heterocycles. The van der Waals surface area contributed by atoms with Crippen molar-refractivity contribution in [3.63, 3.8) is 0 Å². The molecule has 110 valence electrons. The highest BCUT2D eigenvalue weighted by atomic mass is 16.5. The first-order chi connectivity index (χ1) is 8.81. The van der Waals surface area contributed by atoms with E-state index in [2.05, 4.69) is 19.6 Å². The average molecular weight is 256 g/mol. The second-order valence-electron chi connectivity index (χ2n) is 3.76.